The average molecular weight is 341 g/mol. The molecule has 1 fully saturated rings. The molecule has 0 spiro atoms. The third kappa shape index (κ3) is 8.84. The quantitative estimate of drug-likeness (QED) is 0.395. The van der Waals surface area contributed by atoms with Gasteiger partial charge in [-0.3, -0.25) is 14.5 Å². The number of unbranched alkanes of at least 4 members (excludes halogenated alkanes) is 2. The normalized spacial score (nSPS) is 17.1. The molecule has 0 aromatic heterocycles. The Morgan fingerprint density at radius 2 is 2.00 bits per heavy atom. The summed E-state index contributed by atoms with van der Waals surface area (Å²) in [4.78, 5) is 25.4. The molecule has 4 nitrogen and oxygen atoms in total. The highest BCUT2D eigenvalue weighted by molar-refractivity contribution is 8.01. The highest BCUT2D eigenvalue weighted by Crippen LogP contribution is 2.28. The van der Waals surface area contributed by atoms with Gasteiger partial charge in [-0.25, -0.2) is 0 Å². The first kappa shape index (κ1) is 21.8. The fourth-order valence-electron chi connectivity index (χ4n) is 2.23. The molecule has 1 aliphatic heterocycles. The summed E-state index contributed by atoms with van der Waals surface area (Å²) in [6.45, 7) is 13.8. The first-order valence-electron chi connectivity index (χ1n) is 8.29. The molecule has 0 aliphatic carbocycles. The van der Waals surface area contributed by atoms with E-state index in [1.807, 2.05) is 14.0 Å². The fraction of sp³-hybridized carbons (Fsp3) is 0.667. The summed E-state index contributed by atoms with van der Waals surface area (Å²) >= 11 is 1.60. The SMILES string of the molecule is C=C(CCCCCN1C(=O)CC(SC(C)C)C1=O)NC.C=CC. The van der Waals surface area contributed by atoms with Crippen molar-refractivity contribution in [1.82, 2.24) is 10.2 Å². The third-order valence-electron chi connectivity index (χ3n) is 3.35. The lowest BCUT2D eigenvalue weighted by molar-refractivity contribution is -0.138. The maximum absolute atomic E-state index is 12.1. The molecule has 0 aromatic rings. The Balaban J connectivity index is 0.00000149. The van der Waals surface area contributed by atoms with Crippen molar-refractivity contribution in [2.75, 3.05) is 13.6 Å². The van der Waals surface area contributed by atoms with Gasteiger partial charge in [0.2, 0.25) is 11.8 Å². The number of allylic oxidation sites excluding steroid dienone is 2. The standard InChI is InChI=1S/C15H26N2O2S.C3H6/c1-11(2)20-13-10-14(18)17(15(13)19)9-7-5-6-8-12(3)16-4;1-3-2/h11,13,16H,3,5-10H2,1-2,4H3;3H,1H2,2H3. The van der Waals surface area contributed by atoms with E-state index >= 15 is 0 Å². The number of nitrogens with one attached hydrogen (secondary N) is 1. The molecule has 0 bridgehead atoms. The molecule has 23 heavy (non-hydrogen) atoms. The van der Waals surface area contributed by atoms with Crippen LogP contribution in [0.2, 0.25) is 0 Å². The van der Waals surface area contributed by atoms with E-state index in [1.165, 1.54) is 4.90 Å². The number of carbonyl (C=O) groups excluding carboxylic acids is 2. The van der Waals surface area contributed by atoms with Crippen LogP contribution in [0.4, 0.5) is 0 Å². The zero-order valence-electron chi connectivity index (χ0n) is 15.1. The highest BCUT2D eigenvalue weighted by Gasteiger charge is 2.38. The Bertz CT molecular complexity index is 408. The van der Waals surface area contributed by atoms with Crippen molar-refractivity contribution in [3.8, 4) is 0 Å². The Kier molecular flexibility index (Phi) is 11.6. The van der Waals surface area contributed by atoms with Crippen LogP contribution < -0.4 is 5.32 Å². The van der Waals surface area contributed by atoms with Crippen LogP contribution in [-0.2, 0) is 9.59 Å². The summed E-state index contributed by atoms with van der Waals surface area (Å²) in [6.07, 6.45) is 6.01. The zero-order chi connectivity index (χ0) is 17.8. The van der Waals surface area contributed by atoms with Crippen molar-refractivity contribution in [3.05, 3.63) is 24.9 Å². The van der Waals surface area contributed by atoms with Crippen molar-refractivity contribution in [2.24, 2.45) is 0 Å². The Morgan fingerprint density at radius 1 is 1.39 bits per heavy atom. The van der Waals surface area contributed by atoms with E-state index in [-0.39, 0.29) is 17.1 Å². The molecular weight excluding hydrogens is 308 g/mol. The van der Waals surface area contributed by atoms with E-state index in [0.717, 1.165) is 31.4 Å². The molecule has 1 N–H and O–H groups in total. The number of thioether (sulfide) groups is 1. The lowest BCUT2D eigenvalue weighted by Crippen LogP contribution is -2.32. The van der Waals surface area contributed by atoms with Crippen molar-refractivity contribution < 1.29 is 9.59 Å². The summed E-state index contributed by atoms with van der Waals surface area (Å²) in [7, 11) is 1.87. The summed E-state index contributed by atoms with van der Waals surface area (Å²) in [5.74, 6) is 0.00104. The van der Waals surface area contributed by atoms with Crippen LogP contribution in [0.25, 0.3) is 0 Å². The molecule has 1 saturated heterocycles. The second kappa shape index (κ2) is 12.2. The van der Waals surface area contributed by atoms with Gasteiger partial charge in [0.25, 0.3) is 0 Å². The van der Waals surface area contributed by atoms with Gasteiger partial charge in [0, 0.05) is 25.7 Å². The van der Waals surface area contributed by atoms with Gasteiger partial charge in [0.15, 0.2) is 0 Å². The summed E-state index contributed by atoms with van der Waals surface area (Å²) in [6, 6.07) is 0. The molecule has 5 heteroatoms. The molecule has 0 aromatic carbocycles. The van der Waals surface area contributed by atoms with Gasteiger partial charge >= 0.3 is 0 Å². The maximum atomic E-state index is 12.1. The Morgan fingerprint density at radius 3 is 2.52 bits per heavy atom. The minimum atomic E-state index is -0.161. The first-order chi connectivity index (χ1) is 10.9. The molecule has 1 aliphatic rings. The van der Waals surface area contributed by atoms with Gasteiger partial charge in [-0.1, -0.05) is 32.9 Å². The number of imide groups is 1. The number of hydrogen-bond donors (Lipinski definition) is 1. The number of nitrogens with zero attached hydrogens (tertiary/aromatic N) is 1. The van der Waals surface area contributed by atoms with Gasteiger partial charge in [0.05, 0.1) is 5.25 Å². The van der Waals surface area contributed by atoms with Gasteiger partial charge < -0.3 is 5.32 Å². The summed E-state index contributed by atoms with van der Waals surface area (Å²) in [5, 5.41) is 3.24. The number of rotatable bonds is 9. The predicted molar refractivity (Wildman–Crippen MR) is 100 cm³/mol. The lowest BCUT2D eigenvalue weighted by atomic mass is 10.1. The van der Waals surface area contributed by atoms with Gasteiger partial charge in [0.1, 0.15) is 0 Å². The largest absolute Gasteiger partial charge is 0.392 e. The Hall–Kier alpha value is -1.23. The number of carbonyl (C=O) groups is 2. The second-order valence-corrected chi connectivity index (χ2v) is 7.62. The van der Waals surface area contributed by atoms with E-state index in [1.54, 1.807) is 17.8 Å². The van der Waals surface area contributed by atoms with Crippen LogP contribution in [-0.4, -0.2) is 40.8 Å². The van der Waals surface area contributed by atoms with E-state index in [2.05, 4.69) is 32.3 Å². The zero-order valence-corrected chi connectivity index (χ0v) is 15.9. The molecule has 0 saturated carbocycles. The van der Waals surface area contributed by atoms with E-state index in [0.29, 0.717) is 18.2 Å². The fourth-order valence-corrected chi connectivity index (χ4v) is 3.37. The Labute approximate surface area is 145 Å². The number of likely N-dealkylation sites (tertiary alicyclic amines) is 1. The van der Waals surface area contributed by atoms with E-state index < -0.39 is 0 Å². The van der Waals surface area contributed by atoms with Gasteiger partial charge in [-0.15, -0.1) is 18.3 Å². The minimum Gasteiger partial charge on any atom is -0.392 e. The first-order valence-corrected chi connectivity index (χ1v) is 9.23. The molecule has 132 valence electrons. The van der Waals surface area contributed by atoms with Crippen LogP contribution in [0.5, 0.6) is 0 Å². The second-order valence-electron chi connectivity index (χ2n) is 5.83. The van der Waals surface area contributed by atoms with E-state index in [9.17, 15) is 9.59 Å². The molecule has 1 atom stereocenters. The number of amides is 2. The summed E-state index contributed by atoms with van der Waals surface area (Å²) in [5.41, 5.74) is 1.03. The summed E-state index contributed by atoms with van der Waals surface area (Å²) < 4.78 is 0. The van der Waals surface area contributed by atoms with Crippen LogP contribution in [0.3, 0.4) is 0 Å². The third-order valence-corrected chi connectivity index (χ3v) is 4.59. The van der Waals surface area contributed by atoms with Crippen LogP contribution in [0.15, 0.2) is 24.9 Å². The molecule has 1 heterocycles. The van der Waals surface area contributed by atoms with Crippen molar-refractivity contribution in [2.45, 2.75) is 63.4 Å². The number of hydrogen-bond acceptors (Lipinski definition) is 4. The molecule has 2 amide bonds. The van der Waals surface area contributed by atoms with Gasteiger partial charge in [-0.05, 0) is 31.4 Å². The monoisotopic (exact) mass is 340 g/mol. The van der Waals surface area contributed by atoms with Crippen LogP contribution >= 0.6 is 11.8 Å². The minimum absolute atomic E-state index is 0.00668. The lowest BCUT2D eigenvalue weighted by Gasteiger charge is -2.15. The molecule has 1 rings (SSSR count). The smallest absolute Gasteiger partial charge is 0.242 e. The van der Waals surface area contributed by atoms with Crippen LogP contribution in [0.1, 0.15) is 52.9 Å². The molecule has 0 radical (unpaired) electrons. The van der Waals surface area contributed by atoms with E-state index in [4.69, 9.17) is 0 Å². The molecule has 1 unspecified atom stereocenters. The predicted octanol–water partition coefficient (Wildman–Crippen LogP) is 3.74. The van der Waals surface area contributed by atoms with Crippen LogP contribution in [0, 0.1) is 0 Å². The highest BCUT2D eigenvalue weighted by atomic mass is 32.2. The topological polar surface area (TPSA) is 49.4 Å². The maximum Gasteiger partial charge on any atom is 0.242 e. The molecular formula is C18H32N2O2S. The van der Waals surface area contributed by atoms with Gasteiger partial charge in [-0.2, -0.15) is 0 Å². The van der Waals surface area contributed by atoms with Crippen molar-refractivity contribution in [1.29, 1.82) is 0 Å². The van der Waals surface area contributed by atoms with Crippen molar-refractivity contribution >= 4 is 23.6 Å². The van der Waals surface area contributed by atoms with Crippen molar-refractivity contribution in [3.63, 3.8) is 0 Å². The average Bonchev–Trinajstić information content (AvgIpc) is 2.73.